The number of amides is 5. The Kier molecular flexibility index (Phi) is 2.20. The van der Waals surface area contributed by atoms with Gasteiger partial charge in [0.05, 0.1) is 5.69 Å². The van der Waals surface area contributed by atoms with E-state index < -0.39 is 18.0 Å². The van der Waals surface area contributed by atoms with Crippen molar-refractivity contribution in [2.75, 3.05) is 4.90 Å². The Morgan fingerprint density at radius 1 is 1.06 bits per heavy atom. The first-order valence-electron chi connectivity index (χ1n) is 4.29. The summed E-state index contributed by atoms with van der Waals surface area (Å²) < 4.78 is 0. The van der Waals surface area contributed by atoms with Gasteiger partial charge in [-0.05, 0) is 24.3 Å². The van der Waals surface area contributed by atoms with Crippen LogP contribution in [0.1, 0.15) is 10.4 Å². The van der Waals surface area contributed by atoms with Gasteiger partial charge in [0.25, 0.3) is 0 Å². The van der Waals surface area contributed by atoms with Gasteiger partial charge in [-0.25, -0.2) is 14.5 Å². The molecule has 0 saturated carbocycles. The van der Waals surface area contributed by atoms with Gasteiger partial charge < -0.3 is 5.73 Å². The second kappa shape index (κ2) is 3.54. The molecule has 0 radical (unpaired) electrons. The molecule has 16 heavy (non-hydrogen) atoms. The number of azo groups is 1. The Bertz CT molecular complexity index is 488. The highest BCUT2D eigenvalue weighted by molar-refractivity contribution is 6.17. The highest BCUT2D eigenvalue weighted by Crippen LogP contribution is 2.20. The van der Waals surface area contributed by atoms with E-state index in [0.29, 0.717) is 5.69 Å². The number of rotatable bonds is 2. The fourth-order valence-corrected chi connectivity index (χ4v) is 1.25. The first-order valence-corrected chi connectivity index (χ1v) is 4.29. The number of hydrogen-bond acceptors (Lipinski definition) is 3. The van der Waals surface area contributed by atoms with E-state index >= 15 is 0 Å². The second-order valence-corrected chi connectivity index (χ2v) is 3.01. The van der Waals surface area contributed by atoms with Gasteiger partial charge in [-0.15, -0.1) is 0 Å². The van der Waals surface area contributed by atoms with E-state index in [1.54, 1.807) is 0 Å². The van der Waals surface area contributed by atoms with Gasteiger partial charge in [-0.1, -0.05) is 10.2 Å². The van der Waals surface area contributed by atoms with Gasteiger partial charge in [-0.2, -0.15) is 0 Å². The predicted molar refractivity (Wildman–Crippen MR) is 53.1 cm³/mol. The van der Waals surface area contributed by atoms with Crippen LogP contribution in [0.4, 0.5) is 15.3 Å². The summed E-state index contributed by atoms with van der Waals surface area (Å²) in [5.41, 5.74) is 5.63. The summed E-state index contributed by atoms with van der Waals surface area (Å²) in [6, 6.07) is 4.17. The summed E-state index contributed by atoms with van der Waals surface area (Å²) in [4.78, 5) is 33.9. The standard InChI is InChI=1S/C9H6N4O3/c10-7(14)5-1-3-6(4-2-5)13-8(15)11-12-9(13)16/h1-4H,(H2,10,14). The summed E-state index contributed by atoms with van der Waals surface area (Å²) in [5.74, 6) is -0.583. The summed E-state index contributed by atoms with van der Waals surface area (Å²) in [6.45, 7) is 0. The van der Waals surface area contributed by atoms with Crippen molar-refractivity contribution in [1.29, 1.82) is 0 Å². The maximum atomic E-state index is 11.2. The number of anilines is 1. The van der Waals surface area contributed by atoms with Crippen LogP contribution < -0.4 is 10.6 Å². The Morgan fingerprint density at radius 2 is 1.56 bits per heavy atom. The molecule has 1 aromatic carbocycles. The molecule has 1 aliphatic heterocycles. The Morgan fingerprint density at radius 3 is 2.00 bits per heavy atom. The Balaban J connectivity index is 2.32. The molecule has 5 amide bonds. The maximum absolute atomic E-state index is 11.2. The lowest BCUT2D eigenvalue weighted by atomic mass is 10.2. The van der Waals surface area contributed by atoms with E-state index in [9.17, 15) is 14.4 Å². The molecule has 1 aliphatic rings. The SMILES string of the molecule is NC(=O)c1ccc(N2C(=O)N=NC2=O)cc1. The molecule has 0 unspecified atom stereocenters. The van der Waals surface area contributed by atoms with Crippen LogP contribution in [0, 0.1) is 0 Å². The van der Waals surface area contributed by atoms with Crippen molar-refractivity contribution >= 4 is 23.7 Å². The number of nitrogens with two attached hydrogens (primary N) is 1. The number of carbonyl (C=O) groups is 3. The fraction of sp³-hybridized carbons (Fsp3) is 0. The molecule has 80 valence electrons. The minimum Gasteiger partial charge on any atom is -0.366 e. The molecule has 1 heterocycles. The van der Waals surface area contributed by atoms with Crippen LogP contribution in [-0.4, -0.2) is 18.0 Å². The Hall–Kier alpha value is -2.57. The second-order valence-electron chi connectivity index (χ2n) is 3.01. The average molecular weight is 218 g/mol. The third-order valence-electron chi connectivity index (χ3n) is 2.01. The lowest BCUT2D eigenvalue weighted by Crippen LogP contribution is -2.27. The van der Waals surface area contributed by atoms with Gasteiger partial charge in [0.1, 0.15) is 0 Å². The van der Waals surface area contributed by atoms with Crippen LogP contribution in [0.2, 0.25) is 0 Å². The molecular formula is C9H6N4O3. The molecule has 2 rings (SSSR count). The van der Waals surface area contributed by atoms with Gasteiger partial charge in [-0.3, -0.25) is 4.79 Å². The van der Waals surface area contributed by atoms with Crippen molar-refractivity contribution in [3.8, 4) is 0 Å². The topological polar surface area (TPSA) is 105 Å². The van der Waals surface area contributed by atoms with E-state index in [-0.39, 0.29) is 5.56 Å². The van der Waals surface area contributed by atoms with Crippen molar-refractivity contribution in [3.63, 3.8) is 0 Å². The van der Waals surface area contributed by atoms with Crippen molar-refractivity contribution in [2.45, 2.75) is 0 Å². The zero-order valence-electron chi connectivity index (χ0n) is 7.95. The van der Waals surface area contributed by atoms with E-state index in [2.05, 4.69) is 10.2 Å². The van der Waals surface area contributed by atoms with E-state index in [1.807, 2.05) is 0 Å². The molecule has 0 atom stereocenters. The first-order chi connectivity index (χ1) is 7.59. The highest BCUT2D eigenvalue weighted by atomic mass is 16.2. The van der Waals surface area contributed by atoms with Crippen LogP contribution in [0.5, 0.6) is 0 Å². The first kappa shape index (κ1) is 9.97. The summed E-state index contributed by atoms with van der Waals surface area (Å²) in [6.07, 6.45) is 0. The maximum Gasteiger partial charge on any atom is 0.375 e. The zero-order chi connectivity index (χ0) is 11.7. The zero-order valence-corrected chi connectivity index (χ0v) is 7.95. The highest BCUT2D eigenvalue weighted by Gasteiger charge is 2.28. The Labute approximate surface area is 89.6 Å². The number of benzene rings is 1. The summed E-state index contributed by atoms with van der Waals surface area (Å²) in [7, 11) is 0. The van der Waals surface area contributed by atoms with Crippen LogP contribution in [0.3, 0.4) is 0 Å². The molecule has 0 aliphatic carbocycles. The van der Waals surface area contributed by atoms with E-state index in [1.165, 1.54) is 24.3 Å². The third-order valence-corrected chi connectivity index (χ3v) is 2.01. The molecule has 0 aromatic heterocycles. The fourth-order valence-electron chi connectivity index (χ4n) is 1.25. The molecule has 0 bridgehead atoms. The van der Waals surface area contributed by atoms with E-state index in [0.717, 1.165) is 4.90 Å². The summed E-state index contributed by atoms with van der Waals surface area (Å²) in [5, 5.41) is 6.21. The normalized spacial score (nSPS) is 14.6. The van der Waals surface area contributed by atoms with Crippen LogP contribution in [0.25, 0.3) is 0 Å². The van der Waals surface area contributed by atoms with Crippen molar-refractivity contribution < 1.29 is 14.4 Å². The monoisotopic (exact) mass is 218 g/mol. The molecule has 0 saturated heterocycles. The van der Waals surface area contributed by atoms with Crippen molar-refractivity contribution in [1.82, 2.24) is 0 Å². The van der Waals surface area contributed by atoms with Crippen LogP contribution >= 0.6 is 0 Å². The minimum absolute atomic E-state index is 0.289. The van der Waals surface area contributed by atoms with Gasteiger partial charge >= 0.3 is 12.1 Å². The average Bonchev–Trinajstić information content (AvgIpc) is 2.59. The lowest BCUT2D eigenvalue weighted by Gasteiger charge is -2.10. The molecule has 0 spiro atoms. The van der Waals surface area contributed by atoms with Crippen LogP contribution in [-0.2, 0) is 0 Å². The number of nitrogens with zero attached hydrogens (tertiary/aromatic N) is 3. The van der Waals surface area contributed by atoms with Gasteiger partial charge in [0, 0.05) is 5.56 Å². The number of hydrogen-bond donors (Lipinski definition) is 1. The van der Waals surface area contributed by atoms with Crippen molar-refractivity contribution in [3.05, 3.63) is 29.8 Å². The lowest BCUT2D eigenvalue weighted by molar-refractivity contribution is 0.100. The molecule has 7 nitrogen and oxygen atoms in total. The molecule has 7 heteroatoms. The smallest absolute Gasteiger partial charge is 0.366 e. The number of urea groups is 2. The number of imide groups is 1. The van der Waals surface area contributed by atoms with Gasteiger partial charge in [0.2, 0.25) is 5.91 Å². The molecule has 1 aromatic rings. The molecule has 2 N–H and O–H groups in total. The largest absolute Gasteiger partial charge is 0.375 e. The third kappa shape index (κ3) is 1.54. The van der Waals surface area contributed by atoms with Crippen LogP contribution in [0.15, 0.2) is 34.5 Å². The summed E-state index contributed by atoms with van der Waals surface area (Å²) >= 11 is 0. The van der Waals surface area contributed by atoms with Crippen molar-refractivity contribution in [2.24, 2.45) is 16.0 Å². The molecule has 0 fully saturated rings. The number of carbonyl (C=O) groups excluding carboxylic acids is 3. The van der Waals surface area contributed by atoms with E-state index in [4.69, 9.17) is 5.73 Å². The predicted octanol–water partition coefficient (Wildman–Crippen LogP) is 1.30. The molecular weight excluding hydrogens is 212 g/mol. The number of primary amides is 1. The quantitative estimate of drug-likeness (QED) is 0.808. The van der Waals surface area contributed by atoms with Gasteiger partial charge in [0.15, 0.2) is 0 Å². The minimum atomic E-state index is -0.753.